The van der Waals surface area contributed by atoms with Gasteiger partial charge in [0.2, 0.25) is 0 Å². The fourth-order valence-electron chi connectivity index (χ4n) is 0.894. The summed E-state index contributed by atoms with van der Waals surface area (Å²) >= 11 is 3.31. The predicted octanol–water partition coefficient (Wildman–Crippen LogP) is 2.88. The molecular formula is C9H9BrO. The van der Waals surface area contributed by atoms with Crippen molar-refractivity contribution in [1.29, 1.82) is 0 Å². The average Bonchev–Trinajstić information content (AvgIpc) is 1.97. The summed E-state index contributed by atoms with van der Waals surface area (Å²) in [5.41, 5.74) is 3.06. The normalized spacial score (nSPS) is 9.73. The van der Waals surface area contributed by atoms with Crippen LogP contribution in [0.4, 0.5) is 0 Å². The van der Waals surface area contributed by atoms with Crippen molar-refractivity contribution in [2.75, 3.05) is 0 Å². The highest BCUT2D eigenvalue weighted by molar-refractivity contribution is 9.10. The van der Waals surface area contributed by atoms with Crippen LogP contribution in [0.25, 0.3) is 0 Å². The van der Waals surface area contributed by atoms with E-state index in [0.29, 0.717) is 5.56 Å². The number of aldehydes is 1. The highest BCUT2D eigenvalue weighted by Gasteiger charge is 2.00. The van der Waals surface area contributed by atoms with Crippen LogP contribution in [-0.4, -0.2) is 6.29 Å². The summed E-state index contributed by atoms with van der Waals surface area (Å²) in [6.45, 7) is 4.02. The SMILES string of the molecule is Cc1cc(Br)c(C=O)cc1C. The predicted molar refractivity (Wildman–Crippen MR) is 49.0 cm³/mol. The Morgan fingerprint density at radius 3 is 2.36 bits per heavy atom. The van der Waals surface area contributed by atoms with Crippen LogP contribution in [-0.2, 0) is 0 Å². The third kappa shape index (κ3) is 1.69. The summed E-state index contributed by atoms with van der Waals surface area (Å²) in [6, 6.07) is 3.84. The lowest BCUT2D eigenvalue weighted by Crippen LogP contribution is -1.87. The van der Waals surface area contributed by atoms with Crippen molar-refractivity contribution in [2.45, 2.75) is 13.8 Å². The number of carbonyl (C=O) groups excluding carboxylic acids is 1. The minimum Gasteiger partial charge on any atom is -0.298 e. The topological polar surface area (TPSA) is 17.1 Å². The molecule has 0 saturated carbocycles. The van der Waals surface area contributed by atoms with Crippen LogP contribution in [0.3, 0.4) is 0 Å². The monoisotopic (exact) mass is 212 g/mol. The van der Waals surface area contributed by atoms with Crippen LogP contribution in [0.5, 0.6) is 0 Å². The maximum atomic E-state index is 10.5. The van der Waals surface area contributed by atoms with Gasteiger partial charge in [0.1, 0.15) is 0 Å². The number of carbonyl (C=O) groups is 1. The molecule has 1 rings (SSSR count). The summed E-state index contributed by atoms with van der Waals surface area (Å²) in [7, 11) is 0. The summed E-state index contributed by atoms with van der Waals surface area (Å²) < 4.78 is 0.871. The van der Waals surface area contributed by atoms with Gasteiger partial charge in [-0.05, 0) is 37.1 Å². The van der Waals surface area contributed by atoms with Crippen molar-refractivity contribution in [2.24, 2.45) is 0 Å². The maximum Gasteiger partial charge on any atom is 0.151 e. The Balaban J connectivity index is 3.31. The van der Waals surface area contributed by atoms with Gasteiger partial charge in [-0.2, -0.15) is 0 Å². The second-order valence-electron chi connectivity index (χ2n) is 2.58. The molecule has 0 heterocycles. The molecule has 0 spiro atoms. The number of aryl methyl sites for hydroxylation is 2. The summed E-state index contributed by atoms with van der Waals surface area (Å²) in [4.78, 5) is 10.5. The highest BCUT2D eigenvalue weighted by Crippen LogP contribution is 2.19. The first-order valence-corrected chi connectivity index (χ1v) is 4.16. The Labute approximate surface area is 74.6 Å². The van der Waals surface area contributed by atoms with E-state index in [0.717, 1.165) is 16.3 Å². The van der Waals surface area contributed by atoms with Crippen molar-refractivity contribution in [1.82, 2.24) is 0 Å². The van der Waals surface area contributed by atoms with Gasteiger partial charge in [0.05, 0.1) is 0 Å². The van der Waals surface area contributed by atoms with Crippen molar-refractivity contribution in [3.63, 3.8) is 0 Å². The molecule has 0 saturated heterocycles. The molecule has 11 heavy (non-hydrogen) atoms. The Hall–Kier alpha value is -0.630. The Bertz CT molecular complexity index is 292. The molecule has 0 unspecified atom stereocenters. The largest absolute Gasteiger partial charge is 0.298 e. The maximum absolute atomic E-state index is 10.5. The molecule has 1 nitrogen and oxygen atoms in total. The van der Waals surface area contributed by atoms with Crippen LogP contribution in [0.2, 0.25) is 0 Å². The van der Waals surface area contributed by atoms with Crippen LogP contribution < -0.4 is 0 Å². The molecule has 1 aromatic rings. The van der Waals surface area contributed by atoms with Gasteiger partial charge in [0.25, 0.3) is 0 Å². The Morgan fingerprint density at radius 2 is 1.82 bits per heavy atom. The van der Waals surface area contributed by atoms with E-state index in [-0.39, 0.29) is 0 Å². The molecule has 0 amide bonds. The molecule has 0 aromatic heterocycles. The molecule has 0 aliphatic heterocycles. The fourth-order valence-corrected chi connectivity index (χ4v) is 1.44. The molecular weight excluding hydrogens is 204 g/mol. The molecule has 0 aliphatic rings. The summed E-state index contributed by atoms with van der Waals surface area (Å²) in [6.07, 6.45) is 0.858. The van der Waals surface area contributed by atoms with E-state index in [4.69, 9.17) is 0 Å². The van der Waals surface area contributed by atoms with Crippen molar-refractivity contribution < 1.29 is 4.79 Å². The van der Waals surface area contributed by atoms with E-state index in [2.05, 4.69) is 15.9 Å². The standard InChI is InChI=1S/C9H9BrO/c1-6-3-8(5-11)9(10)4-7(6)2/h3-5H,1-2H3. The summed E-state index contributed by atoms with van der Waals surface area (Å²) in [5.74, 6) is 0. The van der Waals surface area contributed by atoms with Crippen molar-refractivity contribution >= 4 is 22.2 Å². The first-order chi connectivity index (χ1) is 5.15. The van der Waals surface area contributed by atoms with Gasteiger partial charge in [-0.25, -0.2) is 0 Å². The van der Waals surface area contributed by atoms with Gasteiger partial charge >= 0.3 is 0 Å². The minimum absolute atomic E-state index is 0.716. The van der Waals surface area contributed by atoms with Gasteiger partial charge in [-0.15, -0.1) is 0 Å². The molecule has 2 heteroatoms. The number of hydrogen-bond donors (Lipinski definition) is 0. The van der Waals surface area contributed by atoms with Crippen LogP contribution in [0, 0.1) is 13.8 Å². The first-order valence-electron chi connectivity index (χ1n) is 3.37. The van der Waals surface area contributed by atoms with Gasteiger partial charge < -0.3 is 0 Å². The van der Waals surface area contributed by atoms with E-state index in [1.54, 1.807) is 0 Å². The van der Waals surface area contributed by atoms with Gasteiger partial charge in [0, 0.05) is 10.0 Å². The van der Waals surface area contributed by atoms with E-state index < -0.39 is 0 Å². The second kappa shape index (κ2) is 3.18. The number of halogens is 1. The third-order valence-corrected chi connectivity index (χ3v) is 2.43. The zero-order valence-electron chi connectivity index (χ0n) is 6.52. The van der Waals surface area contributed by atoms with E-state index >= 15 is 0 Å². The van der Waals surface area contributed by atoms with Crippen molar-refractivity contribution in [3.8, 4) is 0 Å². The Morgan fingerprint density at radius 1 is 1.27 bits per heavy atom. The number of benzene rings is 1. The first kappa shape index (κ1) is 8.47. The third-order valence-electron chi connectivity index (χ3n) is 1.74. The molecule has 0 radical (unpaired) electrons. The van der Waals surface area contributed by atoms with Gasteiger partial charge in [0.15, 0.2) is 6.29 Å². The lowest BCUT2D eigenvalue weighted by Gasteiger charge is -2.02. The molecule has 58 valence electrons. The zero-order valence-corrected chi connectivity index (χ0v) is 8.10. The quantitative estimate of drug-likeness (QED) is 0.655. The van der Waals surface area contributed by atoms with E-state index in [1.165, 1.54) is 5.56 Å². The smallest absolute Gasteiger partial charge is 0.151 e. The molecule has 0 bridgehead atoms. The molecule has 0 atom stereocenters. The van der Waals surface area contributed by atoms with Crippen LogP contribution in [0.15, 0.2) is 16.6 Å². The lowest BCUT2D eigenvalue weighted by atomic mass is 10.1. The zero-order chi connectivity index (χ0) is 8.43. The van der Waals surface area contributed by atoms with E-state index in [9.17, 15) is 4.79 Å². The number of hydrogen-bond acceptors (Lipinski definition) is 1. The summed E-state index contributed by atoms with van der Waals surface area (Å²) in [5, 5.41) is 0. The lowest BCUT2D eigenvalue weighted by molar-refractivity contribution is 0.112. The minimum atomic E-state index is 0.716. The number of rotatable bonds is 1. The fraction of sp³-hybridized carbons (Fsp3) is 0.222. The molecule has 0 N–H and O–H groups in total. The molecule has 0 fully saturated rings. The second-order valence-corrected chi connectivity index (χ2v) is 3.43. The van der Waals surface area contributed by atoms with E-state index in [1.807, 2.05) is 26.0 Å². The van der Waals surface area contributed by atoms with Crippen LogP contribution >= 0.6 is 15.9 Å². The van der Waals surface area contributed by atoms with Gasteiger partial charge in [-0.3, -0.25) is 4.79 Å². The van der Waals surface area contributed by atoms with Crippen LogP contribution in [0.1, 0.15) is 21.5 Å². The highest BCUT2D eigenvalue weighted by atomic mass is 79.9. The average molecular weight is 213 g/mol. The van der Waals surface area contributed by atoms with Gasteiger partial charge in [-0.1, -0.05) is 15.9 Å². The Kier molecular flexibility index (Phi) is 2.45. The molecule has 0 aliphatic carbocycles. The molecule has 1 aromatic carbocycles. The van der Waals surface area contributed by atoms with Crippen molar-refractivity contribution in [3.05, 3.63) is 33.3 Å².